The van der Waals surface area contributed by atoms with Crippen LogP contribution in [0.5, 0.6) is 0 Å². The van der Waals surface area contributed by atoms with Crippen LogP contribution in [0.15, 0.2) is 30.3 Å². The van der Waals surface area contributed by atoms with Crippen LogP contribution in [0.2, 0.25) is 0 Å². The van der Waals surface area contributed by atoms with Gasteiger partial charge < -0.3 is 9.80 Å². The molecular weight excluding hydrogens is 340 g/mol. The van der Waals surface area contributed by atoms with E-state index in [1.54, 1.807) is 9.80 Å². The molecule has 2 heterocycles. The quantitative estimate of drug-likeness (QED) is 0.804. The maximum atomic E-state index is 12.9. The van der Waals surface area contributed by atoms with Crippen LogP contribution in [0.1, 0.15) is 25.3 Å². The van der Waals surface area contributed by atoms with Crippen LogP contribution in [0.4, 0.5) is 0 Å². The van der Waals surface area contributed by atoms with Crippen molar-refractivity contribution in [3.8, 4) is 0 Å². The predicted octanol–water partition coefficient (Wildman–Crippen LogP) is 1.07. The van der Waals surface area contributed by atoms with Gasteiger partial charge in [-0.15, -0.1) is 0 Å². The third-order valence-corrected chi connectivity index (χ3v) is 6.75. The number of benzene rings is 1. The van der Waals surface area contributed by atoms with Gasteiger partial charge in [0.25, 0.3) is 0 Å². The average Bonchev–Trinajstić information content (AvgIpc) is 2.87. The van der Waals surface area contributed by atoms with Crippen LogP contribution in [0.25, 0.3) is 0 Å². The van der Waals surface area contributed by atoms with Crippen molar-refractivity contribution < 1.29 is 18.0 Å². The molecule has 3 rings (SSSR count). The standard InChI is InChI=1S/C18H24N2O4S/c1-14-7-9-25(23,24)10-8-20(14)18(22)16-11-17(21)19(13-16)12-15-5-3-2-4-6-15/h2-6,14,16H,7-13H2,1H3. The van der Waals surface area contributed by atoms with E-state index in [2.05, 4.69) is 0 Å². The highest BCUT2D eigenvalue weighted by molar-refractivity contribution is 7.91. The number of carbonyl (C=O) groups is 2. The number of amides is 2. The molecule has 0 radical (unpaired) electrons. The Hall–Kier alpha value is -1.89. The highest BCUT2D eigenvalue weighted by atomic mass is 32.2. The van der Waals surface area contributed by atoms with Crippen LogP contribution in [-0.4, -0.2) is 60.7 Å². The second-order valence-corrected chi connectivity index (χ2v) is 9.29. The van der Waals surface area contributed by atoms with Crippen LogP contribution in [0, 0.1) is 5.92 Å². The Kier molecular flexibility index (Phi) is 5.13. The molecule has 0 aliphatic carbocycles. The summed E-state index contributed by atoms with van der Waals surface area (Å²) < 4.78 is 23.6. The zero-order valence-corrected chi connectivity index (χ0v) is 15.2. The summed E-state index contributed by atoms with van der Waals surface area (Å²) in [7, 11) is -3.08. The fraction of sp³-hybridized carbons (Fsp3) is 0.556. The van der Waals surface area contributed by atoms with Crippen LogP contribution < -0.4 is 0 Å². The topological polar surface area (TPSA) is 74.8 Å². The number of sulfone groups is 1. The minimum absolute atomic E-state index is 0.0114. The Morgan fingerprint density at radius 2 is 1.92 bits per heavy atom. The van der Waals surface area contributed by atoms with E-state index in [-0.39, 0.29) is 48.2 Å². The van der Waals surface area contributed by atoms with Crippen molar-refractivity contribution in [1.82, 2.24) is 9.80 Å². The van der Waals surface area contributed by atoms with E-state index < -0.39 is 9.84 Å². The number of hydrogen-bond acceptors (Lipinski definition) is 4. The van der Waals surface area contributed by atoms with Gasteiger partial charge in [-0.05, 0) is 18.9 Å². The zero-order valence-electron chi connectivity index (χ0n) is 14.4. The van der Waals surface area contributed by atoms with Gasteiger partial charge in [-0.25, -0.2) is 8.42 Å². The van der Waals surface area contributed by atoms with Crippen molar-refractivity contribution in [2.24, 2.45) is 5.92 Å². The summed E-state index contributed by atoms with van der Waals surface area (Å²) in [6.07, 6.45) is 0.671. The van der Waals surface area contributed by atoms with Crippen molar-refractivity contribution in [3.05, 3.63) is 35.9 Å². The fourth-order valence-corrected chi connectivity index (χ4v) is 4.90. The Balaban J connectivity index is 1.66. The third-order valence-electron chi connectivity index (χ3n) is 5.08. The van der Waals surface area contributed by atoms with Crippen LogP contribution in [0.3, 0.4) is 0 Å². The molecule has 6 nitrogen and oxygen atoms in total. The molecular formula is C18H24N2O4S. The molecule has 1 aromatic rings. The average molecular weight is 364 g/mol. The summed E-state index contributed by atoms with van der Waals surface area (Å²) in [6, 6.07) is 9.60. The molecule has 25 heavy (non-hydrogen) atoms. The highest BCUT2D eigenvalue weighted by Crippen LogP contribution is 2.24. The van der Waals surface area contributed by atoms with E-state index in [1.165, 1.54) is 0 Å². The van der Waals surface area contributed by atoms with Crippen molar-refractivity contribution in [2.45, 2.75) is 32.4 Å². The van der Waals surface area contributed by atoms with Crippen LogP contribution in [-0.2, 0) is 26.0 Å². The lowest BCUT2D eigenvalue weighted by molar-refractivity contribution is -0.137. The second kappa shape index (κ2) is 7.15. The van der Waals surface area contributed by atoms with Gasteiger partial charge in [-0.1, -0.05) is 30.3 Å². The second-order valence-electron chi connectivity index (χ2n) is 6.98. The molecule has 0 spiro atoms. The highest BCUT2D eigenvalue weighted by Gasteiger charge is 2.38. The zero-order chi connectivity index (χ0) is 18.0. The largest absolute Gasteiger partial charge is 0.339 e. The Morgan fingerprint density at radius 3 is 2.64 bits per heavy atom. The molecule has 0 aromatic heterocycles. The normalized spacial score (nSPS) is 26.5. The lowest BCUT2D eigenvalue weighted by atomic mass is 10.1. The number of nitrogens with zero attached hydrogens (tertiary/aromatic N) is 2. The number of rotatable bonds is 3. The number of likely N-dealkylation sites (tertiary alicyclic amines) is 1. The number of carbonyl (C=O) groups excluding carboxylic acids is 2. The van der Waals surface area contributed by atoms with E-state index in [9.17, 15) is 18.0 Å². The van der Waals surface area contributed by atoms with E-state index in [0.29, 0.717) is 19.5 Å². The van der Waals surface area contributed by atoms with Gasteiger partial charge in [0.2, 0.25) is 11.8 Å². The maximum Gasteiger partial charge on any atom is 0.228 e. The molecule has 2 saturated heterocycles. The molecule has 2 aliphatic heterocycles. The maximum absolute atomic E-state index is 12.9. The molecule has 2 amide bonds. The van der Waals surface area contributed by atoms with E-state index in [1.807, 2.05) is 37.3 Å². The Bertz CT molecular complexity index is 748. The van der Waals surface area contributed by atoms with Crippen LogP contribution >= 0.6 is 0 Å². The summed E-state index contributed by atoms with van der Waals surface area (Å²) >= 11 is 0. The summed E-state index contributed by atoms with van der Waals surface area (Å²) in [4.78, 5) is 28.5. The first kappa shape index (κ1) is 17.9. The van der Waals surface area contributed by atoms with Gasteiger partial charge in [-0.2, -0.15) is 0 Å². The molecule has 136 valence electrons. The molecule has 0 bridgehead atoms. The molecule has 2 aliphatic rings. The lowest BCUT2D eigenvalue weighted by Gasteiger charge is -2.29. The molecule has 2 atom stereocenters. The molecule has 1 aromatic carbocycles. The first-order chi connectivity index (χ1) is 11.9. The molecule has 7 heteroatoms. The third kappa shape index (κ3) is 4.21. The Labute approximate surface area is 148 Å². The summed E-state index contributed by atoms with van der Waals surface area (Å²) in [5.41, 5.74) is 1.04. The van der Waals surface area contributed by atoms with Gasteiger partial charge in [0.05, 0.1) is 17.4 Å². The fourth-order valence-electron chi connectivity index (χ4n) is 3.52. The first-order valence-electron chi connectivity index (χ1n) is 8.68. The predicted molar refractivity (Wildman–Crippen MR) is 94.4 cm³/mol. The van der Waals surface area contributed by atoms with Gasteiger partial charge in [0.15, 0.2) is 9.84 Å². The van der Waals surface area contributed by atoms with Gasteiger partial charge in [0.1, 0.15) is 0 Å². The van der Waals surface area contributed by atoms with E-state index in [0.717, 1.165) is 5.56 Å². The first-order valence-corrected chi connectivity index (χ1v) is 10.5. The molecule has 2 unspecified atom stereocenters. The van der Waals surface area contributed by atoms with Gasteiger partial charge >= 0.3 is 0 Å². The Morgan fingerprint density at radius 1 is 1.20 bits per heavy atom. The smallest absolute Gasteiger partial charge is 0.228 e. The molecule has 2 fully saturated rings. The monoisotopic (exact) mass is 364 g/mol. The van der Waals surface area contributed by atoms with Crippen molar-refractivity contribution in [2.75, 3.05) is 24.6 Å². The lowest BCUT2D eigenvalue weighted by Crippen LogP contribution is -2.43. The van der Waals surface area contributed by atoms with E-state index >= 15 is 0 Å². The van der Waals surface area contributed by atoms with Gasteiger partial charge in [-0.3, -0.25) is 9.59 Å². The molecule has 0 N–H and O–H groups in total. The number of hydrogen-bond donors (Lipinski definition) is 0. The molecule has 0 saturated carbocycles. The van der Waals surface area contributed by atoms with Crippen molar-refractivity contribution in [3.63, 3.8) is 0 Å². The minimum atomic E-state index is -3.08. The van der Waals surface area contributed by atoms with E-state index in [4.69, 9.17) is 0 Å². The summed E-state index contributed by atoms with van der Waals surface area (Å²) in [6.45, 7) is 3.03. The summed E-state index contributed by atoms with van der Waals surface area (Å²) in [5, 5.41) is 0. The SMILES string of the molecule is CC1CCS(=O)(=O)CCN1C(=O)C1CC(=O)N(Cc2ccccc2)C1. The van der Waals surface area contributed by atoms with Gasteiger partial charge in [0, 0.05) is 32.1 Å². The minimum Gasteiger partial charge on any atom is -0.339 e. The van der Waals surface area contributed by atoms with Crippen molar-refractivity contribution in [1.29, 1.82) is 0 Å². The summed E-state index contributed by atoms with van der Waals surface area (Å²) in [5.74, 6) is -0.343. The van der Waals surface area contributed by atoms with Crippen molar-refractivity contribution >= 4 is 21.7 Å².